The Morgan fingerprint density at radius 3 is 2.45 bits per heavy atom. The van der Waals surface area contributed by atoms with E-state index >= 15 is 0 Å². The largest absolute Gasteiger partial charge is 0.480 e. The first-order chi connectivity index (χ1) is 9.49. The van der Waals surface area contributed by atoms with E-state index in [0.29, 0.717) is 13.0 Å². The maximum Gasteiger partial charge on any atom is 0.326 e. The summed E-state index contributed by atoms with van der Waals surface area (Å²) in [5.41, 5.74) is 0. The van der Waals surface area contributed by atoms with Gasteiger partial charge < -0.3 is 20.6 Å². The fourth-order valence-electron chi connectivity index (χ4n) is 2.41. The zero-order valence-electron chi connectivity index (χ0n) is 12.5. The molecule has 1 atom stereocenters. The van der Waals surface area contributed by atoms with E-state index in [9.17, 15) is 9.59 Å². The van der Waals surface area contributed by atoms with Gasteiger partial charge in [-0.25, -0.2) is 9.59 Å². The van der Waals surface area contributed by atoms with Gasteiger partial charge in [0.05, 0.1) is 0 Å². The lowest BCUT2D eigenvalue weighted by molar-refractivity contribution is -0.139. The van der Waals surface area contributed by atoms with Crippen molar-refractivity contribution in [3.8, 4) is 0 Å². The van der Waals surface area contributed by atoms with E-state index in [-0.39, 0.29) is 11.9 Å². The minimum absolute atomic E-state index is 0.228. The molecule has 6 heteroatoms. The van der Waals surface area contributed by atoms with Crippen LogP contribution < -0.4 is 10.6 Å². The summed E-state index contributed by atoms with van der Waals surface area (Å²) < 4.78 is 0. The molecule has 0 aliphatic carbocycles. The van der Waals surface area contributed by atoms with Gasteiger partial charge in [0, 0.05) is 6.54 Å². The second-order valence-electron chi connectivity index (χ2n) is 5.82. The summed E-state index contributed by atoms with van der Waals surface area (Å²) in [6, 6.07) is -1.20. The number of carboxylic acid groups (broad SMARTS) is 1. The van der Waals surface area contributed by atoms with E-state index in [1.165, 1.54) is 12.8 Å². The molecule has 1 aliphatic rings. The second kappa shape index (κ2) is 8.79. The molecule has 0 saturated carbocycles. The Morgan fingerprint density at radius 1 is 1.25 bits per heavy atom. The number of carbonyl (C=O) groups excluding carboxylic acids is 1. The smallest absolute Gasteiger partial charge is 0.326 e. The molecule has 0 bridgehead atoms. The van der Waals surface area contributed by atoms with Crippen LogP contribution in [0.5, 0.6) is 0 Å². The molecule has 1 rings (SSSR count). The van der Waals surface area contributed by atoms with Gasteiger partial charge in [0.2, 0.25) is 0 Å². The molecule has 20 heavy (non-hydrogen) atoms. The summed E-state index contributed by atoms with van der Waals surface area (Å²) in [4.78, 5) is 25.0. The number of carbonyl (C=O) groups is 2. The number of hydrogen-bond acceptors (Lipinski definition) is 3. The molecule has 0 aromatic heterocycles. The molecule has 6 nitrogen and oxygen atoms in total. The van der Waals surface area contributed by atoms with E-state index in [1.807, 2.05) is 13.8 Å². The van der Waals surface area contributed by atoms with Crippen molar-refractivity contribution in [1.82, 2.24) is 15.5 Å². The first-order valence-electron chi connectivity index (χ1n) is 7.48. The average Bonchev–Trinajstić information content (AvgIpc) is 2.86. The fraction of sp³-hybridized carbons (Fsp3) is 0.857. The third kappa shape index (κ3) is 6.75. The number of nitrogens with zero attached hydrogens (tertiary/aromatic N) is 1. The van der Waals surface area contributed by atoms with Gasteiger partial charge in [-0.15, -0.1) is 0 Å². The number of carboxylic acids is 1. The van der Waals surface area contributed by atoms with Crippen LogP contribution in [0.4, 0.5) is 4.79 Å². The van der Waals surface area contributed by atoms with Crippen LogP contribution in [0.2, 0.25) is 0 Å². The van der Waals surface area contributed by atoms with Gasteiger partial charge in [0.15, 0.2) is 0 Å². The molecule has 0 radical (unpaired) electrons. The van der Waals surface area contributed by atoms with Crippen LogP contribution >= 0.6 is 0 Å². The molecule has 0 aromatic carbocycles. The predicted molar refractivity (Wildman–Crippen MR) is 77.7 cm³/mol. The van der Waals surface area contributed by atoms with Gasteiger partial charge in [0.1, 0.15) is 6.04 Å². The summed E-state index contributed by atoms with van der Waals surface area (Å²) in [6.07, 6.45) is 3.87. The molecule has 1 fully saturated rings. The molecule has 2 amide bonds. The van der Waals surface area contributed by atoms with Crippen LogP contribution in [0, 0.1) is 5.92 Å². The van der Waals surface area contributed by atoms with Crippen molar-refractivity contribution in [2.24, 2.45) is 5.92 Å². The lowest BCUT2D eigenvalue weighted by Crippen LogP contribution is -2.47. The molecule has 1 saturated heterocycles. The zero-order valence-corrected chi connectivity index (χ0v) is 12.5. The van der Waals surface area contributed by atoms with Crippen LogP contribution in [0.3, 0.4) is 0 Å². The Hall–Kier alpha value is -1.30. The molecule has 0 spiro atoms. The maximum absolute atomic E-state index is 11.6. The molecule has 0 aromatic rings. The maximum atomic E-state index is 11.6. The number of urea groups is 1. The van der Waals surface area contributed by atoms with Crippen LogP contribution in [0.1, 0.15) is 39.5 Å². The SMILES string of the molecule is CC(C)CC(NC(=O)NCCCN1CCCC1)C(=O)O. The van der Waals surface area contributed by atoms with Crippen LogP contribution in [0.15, 0.2) is 0 Å². The minimum Gasteiger partial charge on any atom is -0.480 e. The Kier molecular flexibility index (Phi) is 7.36. The van der Waals surface area contributed by atoms with Gasteiger partial charge in [-0.2, -0.15) is 0 Å². The zero-order chi connectivity index (χ0) is 15.0. The van der Waals surface area contributed by atoms with E-state index < -0.39 is 12.0 Å². The number of likely N-dealkylation sites (tertiary alicyclic amines) is 1. The number of nitrogens with one attached hydrogen (secondary N) is 2. The number of aliphatic carboxylic acids is 1. The van der Waals surface area contributed by atoms with Crippen molar-refractivity contribution in [2.75, 3.05) is 26.2 Å². The van der Waals surface area contributed by atoms with E-state index in [0.717, 1.165) is 26.1 Å². The predicted octanol–water partition coefficient (Wildman–Crippen LogP) is 1.27. The highest BCUT2D eigenvalue weighted by Gasteiger charge is 2.20. The monoisotopic (exact) mass is 285 g/mol. The quantitative estimate of drug-likeness (QED) is 0.587. The van der Waals surface area contributed by atoms with Crippen molar-refractivity contribution in [2.45, 2.75) is 45.6 Å². The molecular weight excluding hydrogens is 258 g/mol. The molecule has 1 aliphatic heterocycles. The molecular formula is C14H27N3O3. The first-order valence-corrected chi connectivity index (χ1v) is 7.48. The first kappa shape index (κ1) is 16.8. The third-order valence-electron chi connectivity index (χ3n) is 3.45. The highest BCUT2D eigenvalue weighted by atomic mass is 16.4. The van der Waals surface area contributed by atoms with E-state index in [4.69, 9.17) is 5.11 Å². The van der Waals surface area contributed by atoms with Gasteiger partial charge in [-0.1, -0.05) is 13.8 Å². The third-order valence-corrected chi connectivity index (χ3v) is 3.45. The molecule has 116 valence electrons. The van der Waals surface area contributed by atoms with Crippen LogP contribution in [0.25, 0.3) is 0 Å². The highest BCUT2D eigenvalue weighted by molar-refractivity contribution is 5.82. The standard InChI is InChI=1S/C14H27N3O3/c1-11(2)10-12(13(18)19)16-14(20)15-6-5-9-17-7-3-4-8-17/h11-12H,3-10H2,1-2H3,(H,18,19)(H2,15,16,20). The number of rotatable bonds is 8. The lowest BCUT2D eigenvalue weighted by atomic mass is 10.0. The van der Waals surface area contributed by atoms with E-state index in [1.54, 1.807) is 0 Å². The number of hydrogen-bond donors (Lipinski definition) is 3. The molecule has 3 N–H and O–H groups in total. The van der Waals surface area contributed by atoms with Crippen molar-refractivity contribution in [3.05, 3.63) is 0 Å². The fourth-order valence-corrected chi connectivity index (χ4v) is 2.41. The van der Waals surface area contributed by atoms with Crippen molar-refractivity contribution >= 4 is 12.0 Å². The molecule has 1 unspecified atom stereocenters. The summed E-state index contributed by atoms with van der Waals surface area (Å²) in [5, 5.41) is 14.3. The van der Waals surface area contributed by atoms with E-state index in [2.05, 4.69) is 15.5 Å². The summed E-state index contributed by atoms with van der Waals surface area (Å²) in [6.45, 7) is 7.76. The van der Waals surface area contributed by atoms with Crippen molar-refractivity contribution in [3.63, 3.8) is 0 Å². The van der Waals surface area contributed by atoms with Gasteiger partial charge in [-0.05, 0) is 51.2 Å². The Labute approximate surface area is 120 Å². The van der Waals surface area contributed by atoms with Crippen molar-refractivity contribution in [1.29, 1.82) is 0 Å². The topological polar surface area (TPSA) is 81.7 Å². The Morgan fingerprint density at radius 2 is 1.90 bits per heavy atom. The van der Waals surface area contributed by atoms with Gasteiger partial charge in [0.25, 0.3) is 0 Å². The normalized spacial score (nSPS) is 17.1. The Bertz CT molecular complexity index is 315. The van der Waals surface area contributed by atoms with Gasteiger partial charge >= 0.3 is 12.0 Å². The van der Waals surface area contributed by atoms with Gasteiger partial charge in [-0.3, -0.25) is 0 Å². The Balaban J connectivity index is 2.15. The average molecular weight is 285 g/mol. The lowest BCUT2D eigenvalue weighted by Gasteiger charge is -2.18. The second-order valence-corrected chi connectivity index (χ2v) is 5.82. The summed E-state index contributed by atoms with van der Waals surface area (Å²) >= 11 is 0. The van der Waals surface area contributed by atoms with Crippen molar-refractivity contribution < 1.29 is 14.7 Å². The summed E-state index contributed by atoms with van der Waals surface area (Å²) in [7, 11) is 0. The highest BCUT2D eigenvalue weighted by Crippen LogP contribution is 2.07. The minimum atomic E-state index is -0.981. The molecule has 1 heterocycles. The van der Waals surface area contributed by atoms with Crippen LogP contribution in [-0.2, 0) is 4.79 Å². The van der Waals surface area contributed by atoms with Crippen LogP contribution in [-0.4, -0.2) is 54.2 Å². The number of amides is 2. The summed E-state index contributed by atoms with van der Waals surface area (Å²) in [5.74, 6) is -0.752.